The van der Waals surface area contributed by atoms with E-state index in [0.29, 0.717) is 19.0 Å². The predicted octanol–water partition coefficient (Wildman–Crippen LogP) is 1.31. The Hall–Kier alpha value is -1.62. The highest BCUT2D eigenvalue weighted by Crippen LogP contribution is 1.99. The minimum Gasteiger partial charge on any atom is -0.314 e. The maximum absolute atomic E-state index is 11.5. The summed E-state index contributed by atoms with van der Waals surface area (Å²) in [5.74, 6) is 0.631. The first kappa shape index (κ1) is 12.8. The Morgan fingerprint density at radius 2 is 2.17 bits per heavy atom. The van der Waals surface area contributed by atoms with Gasteiger partial charge in [-0.2, -0.15) is 0 Å². The molecule has 2 aromatic heterocycles. The Kier molecular flexibility index (Phi) is 4.52. The van der Waals surface area contributed by atoms with Gasteiger partial charge in [-0.3, -0.25) is 9.48 Å². The predicted molar refractivity (Wildman–Crippen MR) is 69.8 cm³/mol. The molecule has 0 aliphatic heterocycles. The Morgan fingerprint density at radius 3 is 2.94 bits per heavy atom. The molecule has 0 unspecified atom stereocenters. The summed E-state index contributed by atoms with van der Waals surface area (Å²) in [5.41, 5.74) is 0.941. The fourth-order valence-corrected chi connectivity index (χ4v) is 1.80. The van der Waals surface area contributed by atoms with E-state index in [1.54, 1.807) is 27.6 Å². The van der Waals surface area contributed by atoms with Crippen molar-refractivity contribution in [3.8, 4) is 0 Å². The molecule has 0 aliphatic carbocycles. The summed E-state index contributed by atoms with van der Waals surface area (Å²) < 4.78 is 3.41. The van der Waals surface area contributed by atoms with Gasteiger partial charge in [-0.1, -0.05) is 11.3 Å². The molecule has 0 aromatic carbocycles. The zero-order valence-corrected chi connectivity index (χ0v) is 10.8. The van der Waals surface area contributed by atoms with E-state index in [0.717, 1.165) is 18.5 Å². The molecule has 0 aliphatic rings. The SMILES string of the molecule is O=c1ccccn1CCn1cc(CCCCl)nn1. The van der Waals surface area contributed by atoms with Gasteiger partial charge in [0.25, 0.3) is 5.56 Å². The van der Waals surface area contributed by atoms with E-state index in [9.17, 15) is 4.79 Å². The van der Waals surface area contributed by atoms with Crippen molar-refractivity contribution in [2.45, 2.75) is 25.9 Å². The molecule has 0 atom stereocenters. The topological polar surface area (TPSA) is 52.7 Å². The largest absolute Gasteiger partial charge is 0.314 e. The third kappa shape index (κ3) is 3.43. The summed E-state index contributed by atoms with van der Waals surface area (Å²) in [4.78, 5) is 11.5. The van der Waals surface area contributed by atoms with Gasteiger partial charge in [0.15, 0.2) is 0 Å². The summed E-state index contributed by atoms with van der Waals surface area (Å²) in [6.07, 6.45) is 5.42. The van der Waals surface area contributed by atoms with E-state index in [-0.39, 0.29) is 5.56 Å². The fourth-order valence-electron chi connectivity index (χ4n) is 1.67. The van der Waals surface area contributed by atoms with E-state index in [4.69, 9.17) is 11.6 Å². The number of hydrogen-bond donors (Lipinski definition) is 0. The van der Waals surface area contributed by atoms with E-state index in [2.05, 4.69) is 10.3 Å². The number of rotatable bonds is 6. The van der Waals surface area contributed by atoms with Gasteiger partial charge in [0, 0.05) is 30.9 Å². The molecule has 0 radical (unpaired) electrons. The number of pyridine rings is 1. The molecule has 0 bridgehead atoms. The van der Waals surface area contributed by atoms with Crippen molar-refractivity contribution in [3.63, 3.8) is 0 Å². The molecule has 0 saturated carbocycles. The molecule has 96 valence electrons. The molecule has 2 aromatic rings. The first-order valence-electron chi connectivity index (χ1n) is 5.90. The monoisotopic (exact) mass is 266 g/mol. The quantitative estimate of drug-likeness (QED) is 0.741. The third-order valence-corrected chi connectivity index (χ3v) is 2.89. The van der Waals surface area contributed by atoms with E-state index >= 15 is 0 Å². The molecular weight excluding hydrogens is 252 g/mol. The van der Waals surface area contributed by atoms with Crippen LogP contribution >= 0.6 is 11.6 Å². The maximum Gasteiger partial charge on any atom is 0.250 e. The van der Waals surface area contributed by atoms with Gasteiger partial charge in [0.2, 0.25) is 0 Å². The zero-order valence-electron chi connectivity index (χ0n) is 10.00. The van der Waals surface area contributed by atoms with Crippen molar-refractivity contribution in [3.05, 3.63) is 46.6 Å². The van der Waals surface area contributed by atoms with Gasteiger partial charge in [0.1, 0.15) is 0 Å². The Bertz CT molecular complexity index is 549. The summed E-state index contributed by atoms with van der Waals surface area (Å²) in [5, 5.41) is 8.08. The molecule has 0 saturated heterocycles. The van der Waals surface area contributed by atoms with Crippen LogP contribution in [0.25, 0.3) is 0 Å². The number of alkyl halides is 1. The number of hydrogen-bond acceptors (Lipinski definition) is 3. The van der Waals surface area contributed by atoms with E-state index in [1.165, 1.54) is 0 Å². The summed E-state index contributed by atoms with van der Waals surface area (Å²) in [6.45, 7) is 1.23. The smallest absolute Gasteiger partial charge is 0.250 e. The van der Waals surface area contributed by atoms with E-state index in [1.807, 2.05) is 12.3 Å². The van der Waals surface area contributed by atoms with Crippen LogP contribution in [0, 0.1) is 0 Å². The van der Waals surface area contributed by atoms with E-state index < -0.39 is 0 Å². The second kappa shape index (κ2) is 6.35. The van der Waals surface area contributed by atoms with Crippen LogP contribution in [0.5, 0.6) is 0 Å². The van der Waals surface area contributed by atoms with Gasteiger partial charge >= 0.3 is 0 Å². The second-order valence-electron chi connectivity index (χ2n) is 4.00. The molecule has 18 heavy (non-hydrogen) atoms. The Morgan fingerprint density at radius 1 is 1.28 bits per heavy atom. The van der Waals surface area contributed by atoms with Crippen LogP contribution in [-0.2, 0) is 19.5 Å². The van der Waals surface area contributed by atoms with Crippen LogP contribution in [0.15, 0.2) is 35.4 Å². The van der Waals surface area contributed by atoms with Gasteiger partial charge < -0.3 is 4.57 Å². The van der Waals surface area contributed by atoms with Crippen molar-refractivity contribution in [1.29, 1.82) is 0 Å². The first-order chi connectivity index (χ1) is 8.79. The van der Waals surface area contributed by atoms with Crippen LogP contribution < -0.4 is 5.56 Å². The highest BCUT2D eigenvalue weighted by atomic mass is 35.5. The number of nitrogens with zero attached hydrogens (tertiary/aromatic N) is 4. The molecule has 2 rings (SSSR count). The Labute approximate surface area is 110 Å². The average molecular weight is 267 g/mol. The molecule has 0 amide bonds. The lowest BCUT2D eigenvalue weighted by Gasteiger charge is -2.03. The maximum atomic E-state index is 11.5. The standard InChI is InChI=1S/C12H15ClN4O/c13-6-3-4-11-10-17(15-14-11)9-8-16-7-2-1-5-12(16)18/h1-2,5,7,10H,3-4,6,8-9H2. The normalized spacial score (nSPS) is 10.7. The highest BCUT2D eigenvalue weighted by Gasteiger charge is 2.01. The first-order valence-corrected chi connectivity index (χ1v) is 6.43. The minimum absolute atomic E-state index is 0.0000196. The van der Waals surface area contributed by atoms with Crippen molar-refractivity contribution in [2.75, 3.05) is 5.88 Å². The molecule has 2 heterocycles. The lowest BCUT2D eigenvalue weighted by Crippen LogP contribution is -2.20. The van der Waals surface area contributed by atoms with Crippen molar-refractivity contribution in [2.24, 2.45) is 0 Å². The van der Waals surface area contributed by atoms with Gasteiger partial charge in [-0.25, -0.2) is 0 Å². The van der Waals surface area contributed by atoms with Crippen LogP contribution in [-0.4, -0.2) is 25.4 Å². The van der Waals surface area contributed by atoms with Crippen LogP contribution in [0.4, 0.5) is 0 Å². The summed E-state index contributed by atoms with van der Waals surface area (Å²) >= 11 is 5.62. The average Bonchev–Trinajstić information content (AvgIpc) is 2.83. The van der Waals surface area contributed by atoms with Crippen molar-refractivity contribution in [1.82, 2.24) is 19.6 Å². The Balaban J connectivity index is 1.92. The van der Waals surface area contributed by atoms with Gasteiger partial charge in [-0.05, 0) is 18.9 Å². The lowest BCUT2D eigenvalue weighted by atomic mass is 10.3. The molecule has 6 heteroatoms. The van der Waals surface area contributed by atoms with Crippen molar-refractivity contribution < 1.29 is 0 Å². The van der Waals surface area contributed by atoms with Gasteiger partial charge in [0.05, 0.1) is 12.2 Å². The fraction of sp³-hybridized carbons (Fsp3) is 0.417. The molecule has 5 nitrogen and oxygen atoms in total. The number of halogens is 1. The molecular formula is C12H15ClN4O. The zero-order chi connectivity index (χ0) is 12.8. The highest BCUT2D eigenvalue weighted by molar-refractivity contribution is 6.17. The summed E-state index contributed by atoms with van der Waals surface area (Å²) in [6, 6.07) is 5.13. The van der Waals surface area contributed by atoms with Crippen molar-refractivity contribution >= 4 is 11.6 Å². The van der Waals surface area contributed by atoms with Crippen LogP contribution in [0.1, 0.15) is 12.1 Å². The lowest BCUT2D eigenvalue weighted by molar-refractivity contribution is 0.511. The molecule has 0 fully saturated rings. The number of aryl methyl sites for hydroxylation is 3. The minimum atomic E-state index is -0.0000196. The molecule has 0 spiro atoms. The second-order valence-corrected chi connectivity index (χ2v) is 4.38. The number of aromatic nitrogens is 4. The third-order valence-electron chi connectivity index (χ3n) is 2.62. The van der Waals surface area contributed by atoms with Crippen LogP contribution in [0.2, 0.25) is 0 Å². The molecule has 0 N–H and O–H groups in total. The van der Waals surface area contributed by atoms with Gasteiger partial charge in [-0.15, -0.1) is 16.7 Å². The van der Waals surface area contributed by atoms with Crippen LogP contribution in [0.3, 0.4) is 0 Å². The summed E-state index contributed by atoms with van der Waals surface area (Å²) in [7, 11) is 0.